The summed E-state index contributed by atoms with van der Waals surface area (Å²) in [5.74, 6) is 0.746. The summed E-state index contributed by atoms with van der Waals surface area (Å²) in [5, 5.41) is 3.11. The van der Waals surface area contributed by atoms with Crippen molar-refractivity contribution in [2.75, 3.05) is 20.6 Å². The van der Waals surface area contributed by atoms with Crippen molar-refractivity contribution < 1.29 is 9.53 Å². The largest absolute Gasteiger partial charge is 0.490 e. The predicted octanol–water partition coefficient (Wildman–Crippen LogP) is 3.58. The first-order valence-electron chi connectivity index (χ1n) is 9.35. The van der Waals surface area contributed by atoms with Crippen molar-refractivity contribution in [3.8, 4) is 5.75 Å². The average molecular weight is 352 g/mol. The molecule has 1 atom stereocenters. The summed E-state index contributed by atoms with van der Waals surface area (Å²) in [4.78, 5) is 14.9. The highest BCUT2D eigenvalue weighted by atomic mass is 16.5. The molecule has 2 aromatic rings. The van der Waals surface area contributed by atoms with Crippen molar-refractivity contribution in [2.45, 2.75) is 37.8 Å². The van der Waals surface area contributed by atoms with E-state index in [1.807, 2.05) is 73.6 Å². The van der Waals surface area contributed by atoms with Crippen molar-refractivity contribution in [1.29, 1.82) is 0 Å². The fourth-order valence-corrected chi connectivity index (χ4v) is 3.13. The molecule has 1 saturated carbocycles. The van der Waals surface area contributed by atoms with Crippen molar-refractivity contribution in [1.82, 2.24) is 10.2 Å². The van der Waals surface area contributed by atoms with Gasteiger partial charge in [-0.25, -0.2) is 0 Å². The molecule has 2 aromatic carbocycles. The molecule has 4 nitrogen and oxygen atoms in total. The average Bonchev–Trinajstić information content (AvgIpc) is 2.62. The molecule has 26 heavy (non-hydrogen) atoms. The van der Waals surface area contributed by atoms with Crippen LogP contribution in [0.1, 0.15) is 36.3 Å². The number of hydrogen-bond donors (Lipinski definition) is 1. The van der Waals surface area contributed by atoms with Crippen LogP contribution in [0.2, 0.25) is 0 Å². The Morgan fingerprint density at radius 2 is 1.81 bits per heavy atom. The Labute approximate surface area is 156 Å². The van der Waals surface area contributed by atoms with E-state index >= 15 is 0 Å². The number of carbonyl (C=O) groups is 1. The lowest BCUT2D eigenvalue weighted by Crippen LogP contribution is -2.35. The van der Waals surface area contributed by atoms with Crippen LogP contribution in [0.25, 0.3) is 0 Å². The minimum atomic E-state index is -0.189. The minimum Gasteiger partial charge on any atom is -0.490 e. The van der Waals surface area contributed by atoms with Gasteiger partial charge in [0, 0.05) is 18.7 Å². The molecule has 1 fully saturated rings. The molecule has 138 valence electrons. The van der Waals surface area contributed by atoms with Gasteiger partial charge in [0.2, 0.25) is 5.91 Å². The van der Waals surface area contributed by atoms with Crippen molar-refractivity contribution >= 4 is 5.91 Å². The van der Waals surface area contributed by atoms with E-state index < -0.39 is 0 Å². The van der Waals surface area contributed by atoms with Crippen LogP contribution < -0.4 is 10.1 Å². The van der Waals surface area contributed by atoms with Gasteiger partial charge in [0.15, 0.2) is 0 Å². The highest BCUT2D eigenvalue weighted by Gasteiger charge is 2.23. The minimum absolute atomic E-state index is 0.0448. The first kappa shape index (κ1) is 18.5. The predicted molar refractivity (Wildman–Crippen MR) is 104 cm³/mol. The Hall–Kier alpha value is -2.33. The van der Waals surface area contributed by atoms with Gasteiger partial charge in [-0.2, -0.15) is 0 Å². The molecular formula is C22H28N2O2. The summed E-state index contributed by atoms with van der Waals surface area (Å²) in [5.41, 5.74) is 2.07. The molecule has 1 aliphatic carbocycles. The molecule has 0 spiro atoms. The maximum atomic E-state index is 12.9. The van der Waals surface area contributed by atoms with E-state index in [0.29, 0.717) is 19.2 Å². The zero-order valence-electron chi connectivity index (χ0n) is 15.7. The van der Waals surface area contributed by atoms with Crippen LogP contribution in [0, 0.1) is 0 Å². The lowest BCUT2D eigenvalue weighted by Gasteiger charge is -2.27. The summed E-state index contributed by atoms with van der Waals surface area (Å²) >= 11 is 0. The molecule has 0 radical (unpaired) electrons. The first-order valence-corrected chi connectivity index (χ1v) is 9.35. The number of amides is 1. The topological polar surface area (TPSA) is 41.6 Å². The first-order chi connectivity index (χ1) is 12.6. The highest BCUT2D eigenvalue weighted by molar-refractivity contribution is 5.84. The second kappa shape index (κ2) is 8.86. The van der Waals surface area contributed by atoms with E-state index in [-0.39, 0.29) is 11.8 Å². The Balaban J connectivity index is 1.66. The quantitative estimate of drug-likeness (QED) is 0.789. The third kappa shape index (κ3) is 4.85. The van der Waals surface area contributed by atoms with Gasteiger partial charge in [0.1, 0.15) is 5.75 Å². The van der Waals surface area contributed by atoms with Crippen LogP contribution in [0.15, 0.2) is 54.6 Å². The molecule has 0 unspecified atom stereocenters. The molecule has 3 rings (SSSR count). The summed E-state index contributed by atoms with van der Waals surface area (Å²) < 4.78 is 6.06. The summed E-state index contributed by atoms with van der Waals surface area (Å²) in [6.07, 6.45) is 3.82. The molecule has 0 aromatic heterocycles. The Bertz CT molecular complexity index is 711. The van der Waals surface area contributed by atoms with E-state index in [2.05, 4.69) is 5.32 Å². The van der Waals surface area contributed by atoms with Gasteiger partial charge in [0.25, 0.3) is 0 Å². The molecule has 0 bridgehead atoms. The Morgan fingerprint density at radius 3 is 2.46 bits per heavy atom. The van der Waals surface area contributed by atoms with Gasteiger partial charge in [-0.1, -0.05) is 48.5 Å². The van der Waals surface area contributed by atoms with Gasteiger partial charge >= 0.3 is 0 Å². The van der Waals surface area contributed by atoms with Gasteiger partial charge < -0.3 is 15.0 Å². The number of nitrogens with zero attached hydrogens (tertiary/aromatic N) is 1. The van der Waals surface area contributed by atoms with Gasteiger partial charge in [-0.05, 0) is 45.0 Å². The summed E-state index contributed by atoms with van der Waals surface area (Å²) in [7, 11) is 3.98. The Kier molecular flexibility index (Phi) is 6.29. The molecule has 0 heterocycles. The van der Waals surface area contributed by atoms with E-state index in [1.165, 1.54) is 6.42 Å². The van der Waals surface area contributed by atoms with Crippen LogP contribution >= 0.6 is 0 Å². The van der Waals surface area contributed by atoms with E-state index in [9.17, 15) is 4.79 Å². The third-order valence-electron chi connectivity index (χ3n) is 4.84. The number of rotatable bonds is 8. The molecule has 1 N–H and O–H groups in total. The number of ether oxygens (including phenoxy) is 1. The van der Waals surface area contributed by atoms with Crippen LogP contribution in [-0.4, -0.2) is 37.6 Å². The summed E-state index contributed by atoms with van der Waals surface area (Å²) in [6, 6.07) is 18.0. The fourth-order valence-electron chi connectivity index (χ4n) is 3.13. The molecule has 1 amide bonds. The Morgan fingerprint density at radius 1 is 1.12 bits per heavy atom. The monoisotopic (exact) mass is 352 g/mol. The lowest BCUT2D eigenvalue weighted by atomic mass is 9.96. The molecular weight excluding hydrogens is 324 g/mol. The number of nitrogens with one attached hydrogen (secondary N) is 1. The van der Waals surface area contributed by atoms with Crippen LogP contribution in [0.3, 0.4) is 0 Å². The van der Waals surface area contributed by atoms with Crippen molar-refractivity contribution in [3.05, 3.63) is 65.7 Å². The van der Waals surface area contributed by atoms with E-state index in [0.717, 1.165) is 29.7 Å². The smallest absolute Gasteiger partial charge is 0.229 e. The van der Waals surface area contributed by atoms with Gasteiger partial charge in [0.05, 0.1) is 12.0 Å². The SMILES string of the molecule is CN(C)C[C@@H](C(=O)NCc1ccccc1OC1CCC1)c1ccccc1. The lowest BCUT2D eigenvalue weighted by molar-refractivity contribution is -0.123. The number of hydrogen-bond acceptors (Lipinski definition) is 3. The molecule has 0 aliphatic heterocycles. The van der Waals surface area contributed by atoms with Gasteiger partial charge in [-0.15, -0.1) is 0 Å². The zero-order chi connectivity index (χ0) is 18.4. The summed E-state index contributed by atoms with van der Waals surface area (Å²) in [6.45, 7) is 1.16. The molecule has 0 saturated heterocycles. The maximum Gasteiger partial charge on any atom is 0.229 e. The highest BCUT2D eigenvalue weighted by Crippen LogP contribution is 2.27. The normalized spacial score (nSPS) is 15.3. The van der Waals surface area contributed by atoms with Crippen molar-refractivity contribution in [3.63, 3.8) is 0 Å². The second-order valence-electron chi connectivity index (χ2n) is 7.22. The van der Waals surface area contributed by atoms with Crippen LogP contribution in [0.4, 0.5) is 0 Å². The van der Waals surface area contributed by atoms with Crippen molar-refractivity contribution in [2.24, 2.45) is 0 Å². The number of carbonyl (C=O) groups excluding carboxylic acids is 1. The third-order valence-corrected chi connectivity index (χ3v) is 4.84. The maximum absolute atomic E-state index is 12.9. The van der Waals surface area contributed by atoms with Crippen LogP contribution in [0.5, 0.6) is 5.75 Å². The van der Waals surface area contributed by atoms with E-state index in [1.54, 1.807) is 0 Å². The van der Waals surface area contributed by atoms with Gasteiger partial charge in [-0.3, -0.25) is 4.79 Å². The van der Waals surface area contributed by atoms with E-state index in [4.69, 9.17) is 4.74 Å². The molecule has 1 aliphatic rings. The number of para-hydroxylation sites is 1. The van der Waals surface area contributed by atoms with Crippen LogP contribution in [-0.2, 0) is 11.3 Å². The number of likely N-dealkylation sites (N-methyl/N-ethyl adjacent to an activating group) is 1. The second-order valence-corrected chi connectivity index (χ2v) is 7.22. The molecule has 4 heteroatoms. The standard InChI is InChI=1S/C22H28N2O2/c1-24(2)16-20(17-9-4-3-5-10-17)22(25)23-15-18-11-6-7-14-21(18)26-19-12-8-13-19/h3-7,9-11,14,19-20H,8,12-13,15-16H2,1-2H3,(H,23,25)/t20-/m1/s1. The fraction of sp³-hybridized carbons (Fsp3) is 0.409. The number of benzene rings is 2. The zero-order valence-corrected chi connectivity index (χ0v) is 15.7.